The third-order valence-electron chi connectivity index (χ3n) is 3.27. The molecule has 0 saturated heterocycles. The Morgan fingerprint density at radius 2 is 2.09 bits per heavy atom. The maximum atomic E-state index is 13.1. The standard InChI is InChI=1S/C16H13F2N3OS/c17-13-2-1-11(9-14(13)18)16(22)19-5-7-21-6-3-15(20-21)12-4-8-23-10-12/h1-4,6,8-10H,5,7H2,(H,19,22). The lowest BCUT2D eigenvalue weighted by atomic mass is 10.2. The lowest BCUT2D eigenvalue weighted by molar-refractivity contribution is 0.0951. The number of carbonyl (C=O) groups excluding carboxylic acids is 1. The molecule has 0 atom stereocenters. The van der Waals surface area contributed by atoms with E-state index in [1.165, 1.54) is 6.07 Å². The Kier molecular flexibility index (Phi) is 4.47. The van der Waals surface area contributed by atoms with Crippen molar-refractivity contribution in [2.24, 2.45) is 0 Å². The van der Waals surface area contributed by atoms with Crippen LogP contribution in [0.4, 0.5) is 8.78 Å². The molecule has 0 saturated carbocycles. The highest BCUT2D eigenvalue weighted by Gasteiger charge is 2.09. The van der Waals surface area contributed by atoms with Gasteiger partial charge < -0.3 is 5.32 Å². The van der Waals surface area contributed by atoms with Crippen LogP contribution >= 0.6 is 11.3 Å². The second-order valence-electron chi connectivity index (χ2n) is 4.86. The molecule has 4 nitrogen and oxygen atoms in total. The molecule has 23 heavy (non-hydrogen) atoms. The number of halogens is 2. The van der Waals surface area contributed by atoms with Crippen LogP contribution in [-0.2, 0) is 6.54 Å². The summed E-state index contributed by atoms with van der Waals surface area (Å²) in [4.78, 5) is 11.9. The predicted molar refractivity (Wildman–Crippen MR) is 84.2 cm³/mol. The topological polar surface area (TPSA) is 46.9 Å². The Balaban J connectivity index is 1.55. The average Bonchev–Trinajstić information content (AvgIpc) is 3.20. The van der Waals surface area contributed by atoms with Crippen LogP contribution in [0.25, 0.3) is 11.3 Å². The molecular weight excluding hydrogens is 320 g/mol. The largest absolute Gasteiger partial charge is 0.350 e. The summed E-state index contributed by atoms with van der Waals surface area (Å²) in [6.07, 6.45) is 1.83. The van der Waals surface area contributed by atoms with Crippen LogP contribution in [0, 0.1) is 11.6 Å². The number of nitrogens with one attached hydrogen (secondary N) is 1. The average molecular weight is 333 g/mol. The second kappa shape index (κ2) is 6.70. The second-order valence-corrected chi connectivity index (χ2v) is 5.64. The van der Waals surface area contributed by atoms with Crippen molar-refractivity contribution in [1.29, 1.82) is 0 Å². The number of benzene rings is 1. The first-order chi connectivity index (χ1) is 11.1. The van der Waals surface area contributed by atoms with E-state index in [1.807, 2.05) is 29.1 Å². The molecule has 118 valence electrons. The number of aromatic nitrogens is 2. The maximum absolute atomic E-state index is 13.1. The third-order valence-corrected chi connectivity index (χ3v) is 3.95. The van der Waals surface area contributed by atoms with Gasteiger partial charge in [-0.2, -0.15) is 16.4 Å². The maximum Gasteiger partial charge on any atom is 0.251 e. The lowest BCUT2D eigenvalue weighted by Gasteiger charge is -2.06. The Morgan fingerprint density at radius 3 is 2.83 bits per heavy atom. The summed E-state index contributed by atoms with van der Waals surface area (Å²) in [5.74, 6) is -2.46. The zero-order chi connectivity index (χ0) is 16.2. The SMILES string of the molecule is O=C(NCCn1ccc(-c2ccsc2)n1)c1ccc(F)c(F)c1. The lowest BCUT2D eigenvalue weighted by Crippen LogP contribution is -2.27. The minimum Gasteiger partial charge on any atom is -0.350 e. The van der Waals surface area contributed by atoms with Crippen molar-refractivity contribution >= 4 is 17.2 Å². The van der Waals surface area contributed by atoms with Crippen LogP contribution in [0.15, 0.2) is 47.3 Å². The highest BCUT2D eigenvalue weighted by Crippen LogP contribution is 2.19. The van der Waals surface area contributed by atoms with Gasteiger partial charge in [0.15, 0.2) is 11.6 Å². The van der Waals surface area contributed by atoms with Crippen LogP contribution in [0.3, 0.4) is 0 Å². The van der Waals surface area contributed by atoms with Crippen molar-refractivity contribution in [3.8, 4) is 11.3 Å². The minimum atomic E-state index is -1.04. The molecule has 0 radical (unpaired) electrons. The summed E-state index contributed by atoms with van der Waals surface area (Å²) >= 11 is 1.60. The van der Waals surface area contributed by atoms with Gasteiger partial charge in [-0.25, -0.2) is 8.78 Å². The molecular formula is C16H13F2N3OS. The molecule has 1 aromatic carbocycles. The van der Waals surface area contributed by atoms with Crippen LogP contribution in [0.5, 0.6) is 0 Å². The summed E-state index contributed by atoms with van der Waals surface area (Å²) in [6.45, 7) is 0.822. The molecule has 0 fully saturated rings. The zero-order valence-corrected chi connectivity index (χ0v) is 12.8. The number of rotatable bonds is 5. The Hall–Kier alpha value is -2.54. The quantitative estimate of drug-likeness (QED) is 0.778. The molecule has 0 aliphatic rings. The monoisotopic (exact) mass is 333 g/mol. The van der Waals surface area contributed by atoms with E-state index >= 15 is 0 Å². The van der Waals surface area contributed by atoms with E-state index < -0.39 is 17.5 Å². The summed E-state index contributed by atoms with van der Waals surface area (Å²) in [6, 6.07) is 6.95. The minimum absolute atomic E-state index is 0.0864. The van der Waals surface area contributed by atoms with Crippen molar-refractivity contribution in [3.05, 3.63) is 64.5 Å². The van der Waals surface area contributed by atoms with E-state index in [9.17, 15) is 13.6 Å². The van der Waals surface area contributed by atoms with E-state index in [0.717, 1.165) is 23.4 Å². The van der Waals surface area contributed by atoms with Crippen molar-refractivity contribution in [3.63, 3.8) is 0 Å². The molecule has 3 aromatic rings. The number of hydrogen-bond acceptors (Lipinski definition) is 3. The molecule has 1 amide bonds. The summed E-state index contributed by atoms with van der Waals surface area (Å²) in [5.41, 5.74) is 2.01. The highest BCUT2D eigenvalue weighted by molar-refractivity contribution is 7.08. The predicted octanol–water partition coefficient (Wildman–Crippen LogP) is 3.32. The Bertz CT molecular complexity index is 815. The van der Waals surface area contributed by atoms with Crippen LogP contribution in [-0.4, -0.2) is 22.2 Å². The molecule has 0 aliphatic carbocycles. The van der Waals surface area contributed by atoms with E-state index in [0.29, 0.717) is 13.1 Å². The van der Waals surface area contributed by atoms with E-state index in [1.54, 1.807) is 16.0 Å². The molecule has 1 N–H and O–H groups in total. The summed E-state index contributed by atoms with van der Waals surface area (Å²) in [7, 11) is 0. The highest BCUT2D eigenvalue weighted by atomic mass is 32.1. The molecule has 0 aliphatic heterocycles. The van der Waals surface area contributed by atoms with Gasteiger partial charge in [0, 0.05) is 29.2 Å². The van der Waals surface area contributed by atoms with Crippen molar-refractivity contribution in [2.75, 3.05) is 6.54 Å². The van der Waals surface area contributed by atoms with Gasteiger partial charge in [-0.05, 0) is 35.7 Å². The van der Waals surface area contributed by atoms with Gasteiger partial charge in [0.2, 0.25) is 0 Å². The fourth-order valence-electron chi connectivity index (χ4n) is 2.07. The number of carbonyl (C=O) groups is 1. The molecule has 0 spiro atoms. The third kappa shape index (κ3) is 3.62. The van der Waals surface area contributed by atoms with Gasteiger partial charge in [-0.3, -0.25) is 9.48 Å². The van der Waals surface area contributed by atoms with Crippen molar-refractivity contribution < 1.29 is 13.6 Å². The summed E-state index contributed by atoms with van der Waals surface area (Å²) in [5, 5.41) is 11.1. The van der Waals surface area contributed by atoms with Gasteiger partial charge in [0.05, 0.1) is 12.2 Å². The van der Waals surface area contributed by atoms with E-state index in [2.05, 4.69) is 10.4 Å². The van der Waals surface area contributed by atoms with Crippen molar-refractivity contribution in [2.45, 2.75) is 6.54 Å². The zero-order valence-electron chi connectivity index (χ0n) is 12.0. The molecule has 0 unspecified atom stereocenters. The molecule has 0 bridgehead atoms. The first-order valence-electron chi connectivity index (χ1n) is 6.93. The summed E-state index contributed by atoms with van der Waals surface area (Å²) < 4.78 is 27.7. The molecule has 7 heteroatoms. The van der Waals surface area contributed by atoms with Crippen LogP contribution in [0.2, 0.25) is 0 Å². The van der Waals surface area contributed by atoms with Crippen LogP contribution < -0.4 is 5.32 Å². The fourth-order valence-corrected chi connectivity index (χ4v) is 2.72. The van der Waals surface area contributed by atoms with E-state index in [-0.39, 0.29) is 5.56 Å². The van der Waals surface area contributed by atoms with Crippen LogP contribution in [0.1, 0.15) is 10.4 Å². The number of hydrogen-bond donors (Lipinski definition) is 1. The molecule has 2 heterocycles. The molecule has 3 rings (SSSR count). The first kappa shape index (κ1) is 15.4. The fraction of sp³-hybridized carbons (Fsp3) is 0.125. The van der Waals surface area contributed by atoms with Gasteiger partial charge in [0.1, 0.15) is 0 Å². The number of nitrogens with zero attached hydrogens (tertiary/aromatic N) is 2. The van der Waals surface area contributed by atoms with Gasteiger partial charge in [-0.1, -0.05) is 0 Å². The molecule has 2 aromatic heterocycles. The first-order valence-corrected chi connectivity index (χ1v) is 7.87. The van der Waals surface area contributed by atoms with Gasteiger partial charge in [-0.15, -0.1) is 0 Å². The van der Waals surface area contributed by atoms with Gasteiger partial charge in [0.25, 0.3) is 5.91 Å². The smallest absolute Gasteiger partial charge is 0.251 e. The van der Waals surface area contributed by atoms with Gasteiger partial charge >= 0.3 is 0 Å². The number of amides is 1. The van der Waals surface area contributed by atoms with Crippen molar-refractivity contribution in [1.82, 2.24) is 15.1 Å². The van der Waals surface area contributed by atoms with E-state index in [4.69, 9.17) is 0 Å². The number of thiophene rings is 1. The Labute approximate surface area is 135 Å². The normalized spacial score (nSPS) is 10.7. The Morgan fingerprint density at radius 1 is 1.22 bits per heavy atom.